The Kier molecular flexibility index (Phi) is 3.82. The first-order chi connectivity index (χ1) is 8.29. The lowest BCUT2D eigenvalue weighted by atomic mass is 10.1. The van der Waals surface area contributed by atoms with Gasteiger partial charge < -0.3 is 4.98 Å². The molecular weight excluding hydrogens is 234 g/mol. The van der Waals surface area contributed by atoms with Gasteiger partial charge in [-0.25, -0.2) is 4.98 Å². The molecule has 0 aliphatic rings. The molecule has 1 amide bonds. The Morgan fingerprint density at radius 1 is 1.53 bits per heavy atom. The monoisotopic (exact) mass is 247 g/mol. The van der Waals surface area contributed by atoms with Gasteiger partial charge in [0.15, 0.2) is 0 Å². The van der Waals surface area contributed by atoms with Crippen LogP contribution in [0.25, 0.3) is 0 Å². The number of amides is 1. The summed E-state index contributed by atoms with van der Waals surface area (Å²) in [5.74, 6) is 1.22. The number of H-pyrrole nitrogens is 1. The number of nitrogens with one attached hydrogen (secondary N) is 2. The van der Waals surface area contributed by atoms with Gasteiger partial charge >= 0.3 is 0 Å². The third kappa shape index (κ3) is 3.10. The van der Waals surface area contributed by atoms with Crippen LogP contribution in [0, 0.1) is 0 Å². The van der Waals surface area contributed by atoms with E-state index in [-0.39, 0.29) is 5.91 Å². The number of hydrogen-bond acceptors (Lipinski definition) is 3. The van der Waals surface area contributed by atoms with Crippen LogP contribution in [-0.2, 0) is 5.75 Å². The summed E-state index contributed by atoms with van der Waals surface area (Å²) in [6, 6.07) is 7.60. The Morgan fingerprint density at radius 3 is 3.12 bits per heavy atom. The molecule has 0 atom stereocenters. The normalized spacial score (nSPS) is 10.2. The summed E-state index contributed by atoms with van der Waals surface area (Å²) < 4.78 is 0. The van der Waals surface area contributed by atoms with Gasteiger partial charge in [0, 0.05) is 23.7 Å². The number of aromatic amines is 1. The first kappa shape index (κ1) is 11.7. The van der Waals surface area contributed by atoms with E-state index < -0.39 is 0 Å². The summed E-state index contributed by atoms with van der Waals surface area (Å²) in [5.41, 5.74) is 1.79. The molecule has 4 nitrogen and oxygen atoms in total. The first-order valence-electron chi connectivity index (χ1n) is 5.18. The van der Waals surface area contributed by atoms with Crippen LogP contribution < -0.4 is 5.32 Å². The minimum Gasteiger partial charge on any atom is -0.331 e. The number of nitrogens with zero attached hydrogens (tertiary/aromatic N) is 1. The molecule has 0 radical (unpaired) electrons. The average Bonchev–Trinajstić information content (AvgIpc) is 2.83. The van der Waals surface area contributed by atoms with Gasteiger partial charge in [-0.2, -0.15) is 11.8 Å². The molecular formula is C12H13N3OS. The highest BCUT2D eigenvalue weighted by atomic mass is 32.2. The minimum absolute atomic E-state index is 0.150. The largest absolute Gasteiger partial charge is 0.331 e. The fourth-order valence-electron chi connectivity index (χ4n) is 1.48. The Balaban J connectivity index is 2.11. The van der Waals surface area contributed by atoms with Gasteiger partial charge in [-0.3, -0.25) is 10.1 Å². The lowest BCUT2D eigenvalue weighted by molar-refractivity contribution is 0.102. The predicted octanol–water partition coefficient (Wildman–Crippen LogP) is 2.53. The number of rotatable bonds is 4. The van der Waals surface area contributed by atoms with E-state index in [9.17, 15) is 4.79 Å². The van der Waals surface area contributed by atoms with Crippen LogP contribution in [0.4, 0.5) is 5.95 Å². The van der Waals surface area contributed by atoms with E-state index in [1.54, 1.807) is 30.2 Å². The van der Waals surface area contributed by atoms with Crippen LogP contribution in [0.15, 0.2) is 36.7 Å². The van der Waals surface area contributed by atoms with Crippen molar-refractivity contribution in [1.82, 2.24) is 9.97 Å². The van der Waals surface area contributed by atoms with Crippen molar-refractivity contribution in [2.24, 2.45) is 0 Å². The van der Waals surface area contributed by atoms with E-state index in [0.29, 0.717) is 11.5 Å². The van der Waals surface area contributed by atoms with Crippen LogP contribution >= 0.6 is 11.8 Å². The van der Waals surface area contributed by atoms with Crippen molar-refractivity contribution in [2.45, 2.75) is 5.75 Å². The van der Waals surface area contributed by atoms with E-state index in [2.05, 4.69) is 15.3 Å². The van der Waals surface area contributed by atoms with Crippen LogP contribution in [0.2, 0.25) is 0 Å². The third-order valence-corrected chi connectivity index (χ3v) is 2.85. The molecule has 0 bridgehead atoms. The summed E-state index contributed by atoms with van der Waals surface area (Å²) in [7, 11) is 0. The zero-order valence-electron chi connectivity index (χ0n) is 9.43. The number of benzene rings is 1. The molecule has 17 heavy (non-hydrogen) atoms. The summed E-state index contributed by atoms with van der Waals surface area (Å²) in [6.45, 7) is 0. The molecule has 0 aliphatic carbocycles. The van der Waals surface area contributed by atoms with Gasteiger partial charge in [0.05, 0.1) is 0 Å². The second kappa shape index (κ2) is 5.54. The maximum Gasteiger partial charge on any atom is 0.257 e. The van der Waals surface area contributed by atoms with Crippen molar-refractivity contribution in [2.75, 3.05) is 11.6 Å². The topological polar surface area (TPSA) is 57.8 Å². The van der Waals surface area contributed by atoms with E-state index in [1.165, 1.54) is 0 Å². The maximum atomic E-state index is 11.9. The van der Waals surface area contributed by atoms with Crippen molar-refractivity contribution in [3.63, 3.8) is 0 Å². The molecule has 0 aliphatic heterocycles. The number of hydrogen-bond donors (Lipinski definition) is 2. The van der Waals surface area contributed by atoms with Crippen molar-refractivity contribution < 1.29 is 4.79 Å². The van der Waals surface area contributed by atoms with Gasteiger partial charge in [0.1, 0.15) is 0 Å². The standard InChI is InChI=1S/C12H13N3OS/c1-17-8-9-3-2-4-10(7-9)11(16)15-12-13-5-6-14-12/h2-7H,8H2,1H3,(H2,13,14,15,16). The zero-order chi connectivity index (χ0) is 12.1. The van der Waals surface area contributed by atoms with E-state index in [4.69, 9.17) is 0 Å². The van der Waals surface area contributed by atoms with Gasteiger partial charge in [-0.1, -0.05) is 12.1 Å². The van der Waals surface area contributed by atoms with Crippen molar-refractivity contribution in [1.29, 1.82) is 0 Å². The van der Waals surface area contributed by atoms with E-state index in [1.807, 2.05) is 24.5 Å². The third-order valence-electron chi connectivity index (χ3n) is 2.23. The molecule has 0 saturated heterocycles. The van der Waals surface area contributed by atoms with Crippen LogP contribution in [0.1, 0.15) is 15.9 Å². The first-order valence-corrected chi connectivity index (χ1v) is 6.57. The van der Waals surface area contributed by atoms with Crippen molar-refractivity contribution in [3.05, 3.63) is 47.8 Å². The number of imidazole rings is 1. The lowest BCUT2D eigenvalue weighted by Crippen LogP contribution is -2.13. The molecule has 0 saturated carbocycles. The molecule has 0 fully saturated rings. The zero-order valence-corrected chi connectivity index (χ0v) is 10.3. The fraction of sp³-hybridized carbons (Fsp3) is 0.167. The maximum absolute atomic E-state index is 11.9. The molecule has 1 aromatic carbocycles. The fourth-order valence-corrected chi connectivity index (χ4v) is 2.00. The second-order valence-corrected chi connectivity index (χ2v) is 4.39. The smallest absolute Gasteiger partial charge is 0.257 e. The molecule has 2 N–H and O–H groups in total. The summed E-state index contributed by atoms with van der Waals surface area (Å²) in [6.07, 6.45) is 5.30. The molecule has 2 rings (SSSR count). The molecule has 1 heterocycles. The molecule has 1 aromatic heterocycles. The molecule has 0 unspecified atom stereocenters. The van der Waals surface area contributed by atoms with Gasteiger partial charge in [0.2, 0.25) is 5.95 Å². The molecule has 2 aromatic rings. The SMILES string of the molecule is CSCc1cccc(C(=O)Nc2ncc[nH]2)c1. The quantitative estimate of drug-likeness (QED) is 0.872. The van der Waals surface area contributed by atoms with Gasteiger partial charge in [0.25, 0.3) is 5.91 Å². The lowest BCUT2D eigenvalue weighted by Gasteiger charge is -2.04. The minimum atomic E-state index is -0.150. The summed E-state index contributed by atoms with van der Waals surface area (Å²) in [4.78, 5) is 18.7. The number of carbonyl (C=O) groups excluding carboxylic acids is 1. The second-order valence-electron chi connectivity index (χ2n) is 3.53. The predicted molar refractivity (Wildman–Crippen MR) is 70.2 cm³/mol. The van der Waals surface area contributed by atoms with Crippen molar-refractivity contribution >= 4 is 23.6 Å². The highest BCUT2D eigenvalue weighted by molar-refractivity contribution is 7.97. The van der Waals surface area contributed by atoms with Crippen LogP contribution in [0.3, 0.4) is 0 Å². The molecule has 88 valence electrons. The number of carbonyl (C=O) groups is 1. The van der Waals surface area contributed by atoms with Crippen LogP contribution in [-0.4, -0.2) is 22.1 Å². The summed E-state index contributed by atoms with van der Waals surface area (Å²) >= 11 is 1.73. The highest BCUT2D eigenvalue weighted by Gasteiger charge is 2.07. The van der Waals surface area contributed by atoms with Crippen molar-refractivity contribution in [3.8, 4) is 0 Å². The summed E-state index contributed by atoms with van der Waals surface area (Å²) in [5, 5.41) is 2.70. The van der Waals surface area contributed by atoms with E-state index >= 15 is 0 Å². The number of aromatic nitrogens is 2. The Hall–Kier alpha value is -1.75. The molecule has 5 heteroatoms. The Morgan fingerprint density at radius 2 is 2.41 bits per heavy atom. The number of anilines is 1. The highest BCUT2D eigenvalue weighted by Crippen LogP contribution is 2.12. The van der Waals surface area contributed by atoms with Gasteiger partial charge in [-0.05, 0) is 24.0 Å². The molecule has 0 spiro atoms. The average molecular weight is 247 g/mol. The van der Waals surface area contributed by atoms with E-state index in [0.717, 1.165) is 11.3 Å². The van der Waals surface area contributed by atoms with Crippen LogP contribution in [0.5, 0.6) is 0 Å². The number of thioether (sulfide) groups is 1. The Labute approximate surface area is 104 Å². The Bertz CT molecular complexity index is 496. The van der Waals surface area contributed by atoms with Gasteiger partial charge in [-0.15, -0.1) is 0 Å².